The highest BCUT2D eigenvalue weighted by atomic mass is 32.1. The van der Waals surface area contributed by atoms with Crippen LogP contribution in [-0.2, 0) is 11.3 Å². The number of anilines is 1. The van der Waals surface area contributed by atoms with Gasteiger partial charge in [-0.2, -0.15) is 0 Å². The quantitative estimate of drug-likeness (QED) is 0.886. The lowest BCUT2D eigenvalue weighted by atomic mass is 10.4. The molecule has 2 rings (SSSR count). The second-order valence-electron chi connectivity index (χ2n) is 2.90. The van der Waals surface area contributed by atoms with Crippen LogP contribution in [-0.4, -0.2) is 22.3 Å². The molecule has 0 saturated heterocycles. The van der Waals surface area contributed by atoms with Crippen LogP contribution in [0.4, 0.5) is 5.13 Å². The minimum absolute atomic E-state index is 0.478. The summed E-state index contributed by atoms with van der Waals surface area (Å²) in [6.45, 7) is 2.47. The van der Waals surface area contributed by atoms with Crippen molar-refractivity contribution in [3.8, 4) is 9.88 Å². The molecule has 0 radical (unpaired) electrons. The average molecular weight is 242 g/mol. The molecule has 0 bridgehead atoms. The normalized spacial score (nSPS) is 10.8. The highest BCUT2D eigenvalue weighted by Crippen LogP contribution is 2.32. The van der Waals surface area contributed by atoms with Crippen LogP contribution >= 0.6 is 22.7 Å². The van der Waals surface area contributed by atoms with E-state index in [9.17, 15) is 0 Å². The molecule has 0 amide bonds. The molecule has 0 aliphatic heterocycles. The van der Waals surface area contributed by atoms with E-state index in [1.165, 1.54) is 11.3 Å². The maximum atomic E-state index is 5.54. The topological polar surface area (TPSA) is 73.9 Å². The Morgan fingerprint density at radius 1 is 1.33 bits per heavy atom. The number of nitrogen functional groups attached to an aromatic ring is 1. The third-order valence-electron chi connectivity index (χ3n) is 1.74. The highest BCUT2D eigenvalue weighted by Gasteiger charge is 2.13. The maximum Gasteiger partial charge on any atom is 0.203 e. The zero-order valence-corrected chi connectivity index (χ0v) is 9.98. The SMILES string of the molecule is COCc1nc(C)c(-c2nnc(N)s2)s1. The molecule has 15 heavy (non-hydrogen) atoms. The first-order valence-corrected chi connectivity index (χ1v) is 5.88. The molecular formula is C8H10N4OS2. The van der Waals surface area contributed by atoms with Crippen LogP contribution in [0.1, 0.15) is 10.7 Å². The average Bonchev–Trinajstić information content (AvgIpc) is 2.73. The summed E-state index contributed by atoms with van der Waals surface area (Å²) in [5.74, 6) is 0. The molecule has 2 N–H and O–H groups in total. The first kappa shape index (κ1) is 10.5. The molecule has 80 valence electrons. The zero-order chi connectivity index (χ0) is 10.8. The number of hydrogen-bond donors (Lipinski definition) is 1. The van der Waals surface area contributed by atoms with E-state index in [2.05, 4.69) is 15.2 Å². The Morgan fingerprint density at radius 2 is 2.13 bits per heavy atom. The third-order valence-corrected chi connectivity index (χ3v) is 3.78. The summed E-state index contributed by atoms with van der Waals surface area (Å²) in [5.41, 5.74) is 6.48. The number of ether oxygens (including phenoxy) is 1. The van der Waals surface area contributed by atoms with Crippen LogP contribution in [0, 0.1) is 6.92 Å². The van der Waals surface area contributed by atoms with Gasteiger partial charge in [-0.3, -0.25) is 0 Å². The Balaban J connectivity index is 2.35. The monoisotopic (exact) mass is 242 g/mol. The lowest BCUT2D eigenvalue weighted by molar-refractivity contribution is 0.184. The lowest BCUT2D eigenvalue weighted by Crippen LogP contribution is -1.84. The van der Waals surface area contributed by atoms with Crippen LogP contribution in [0.5, 0.6) is 0 Å². The summed E-state index contributed by atoms with van der Waals surface area (Å²) in [6, 6.07) is 0. The van der Waals surface area contributed by atoms with Gasteiger partial charge in [0.25, 0.3) is 0 Å². The minimum Gasteiger partial charge on any atom is -0.378 e. The standard InChI is InChI=1S/C8H10N4OS2/c1-4-6(7-11-12-8(9)15-7)14-5(10-4)3-13-2/h3H2,1-2H3,(H2,9,12). The molecule has 0 spiro atoms. The van der Waals surface area contributed by atoms with E-state index in [1.54, 1.807) is 18.4 Å². The number of hydrogen-bond acceptors (Lipinski definition) is 7. The van der Waals surface area contributed by atoms with Crippen LogP contribution < -0.4 is 5.73 Å². The summed E-state index contributed by atoms with van der Waals surface area (Å²) in [6.07, 6.45) is 0. The maximum absolute atomic E-state index is 5.54. The number of aromatic nitrogens is 3. The Kier molecular flexibility index (Phi) is 2.94. The van der Waals surface area contributed by atoms with E-state index in [1.807, 2.05) is 6.92 Å². The van der Waals surface area contributed by atoms with Gasteiger partial charge in [-0.05, 0) is 6.92 Å². The van der Waals surface area contributed by atoms with E-state index in [0.29, 0.717) is 11.7 Å². The summed E-state index contributed by atoms with van der Waals surface area (Å²) in [4.78, 5) is 5.40. The summed E-state index contributed by atoms with van der Waals surface area (Å²) < 4.78 is 5.03. The Bertz CT molecular complexity index is 465. The molecule has 0 fully saturated rings. The fourth-order valence-electron chi connectivity index (χ4n) is 1.16. The van der Waals surface area contributed by atoms with Gasteiger partial charge in [0.1, 0.15) is 5.01 Å². The van der Waals surface area contributed by atoms with Crippen LogP contribution in [0.15, 0.2) is 0 Å². The smallest absolute Gasteiger partial charge is 0.203 e. The van der Waals surface area contributed by atoms with Gasteiger partial charge in [0.15, 0.2) is 5.01 Å². The van der Waals surface area contributed by atoms with Crippen molar-refractivity contribution in [2.24, 2.45) is 0 Å². The fourth-order valence-corrected chi connectivity index (χ4v) is 2.93. The Morgan fingerprint density at radius 3 is 2.73 bits per heavy atom. The van der Waals surface area contributed by atoms with Crippen molar-refractivity contribution >= 4 is 27.8 Å². The van der Waals surface area contributed by atoms with E-state index in [0.717, 1.165) is 20.6 Å². The van der Waals surface area contributed by atoms with E-state index < -0.39 is 0 Å². The summed E-state index contributed by atoms with van der Waals surface area (Å²) in [5, 5.41) is 10.0. The van der Waals surface area contributed by atoms with Gasteiger partial charge >= 0.3 is 0 Å². The molecule has 5 nitrogen and oxygen atoms in total. The second kappa shape index (κ2) is 4.21. The molecule has 0 saturated carbocycles. The molecule has 0 aliphatic rings. The third kappa shape index (κ3) is 2.14. The summed E-state index contributed by atoms with van der Waals surface area (Å²) in [7, 11) is 1.65. The molecule has 0 atom stereocenters. The predicted octanol–water partition coefficient (Wildman–Crippen LogP) is 1.70. The van der Waals surface area contributed by atoms with Crippen molar-refractivity contribution in [1.29, 1.82) is 0 Å². The second-order valence-corrected chi connectivity index (χ2v) is 4.99. The van der Waals surface area contributed by atoms with Crippen molar-refractivity contribution < 1.29 is 4.74 Å². The molecule has 7 heteroatoms. The largest absolute Gasteiger partial charge is 0.378 e. The van der Waals surface area contributed by atoms with Gasteiger partial charge in [0, 0.05) is 7.11 Å². The number of rotatable bonds is 3. The van der Waals surface area contributed by atoms with Gasteiger partial charge in [-0.1, -0.05) is 11.3 Å². The number of nitrogens with two attached hydrogens (primary N) is 1. The van der Waals surface area contributed by atoms with Crippen molar-refractivity contribution in [3.05, 3.63) is 10.7 Å². The summed E-state index contributed by atoms with van der Waals surface area (Å²) >= 11 is 2.94. The van der Waals surface area contributed by atoms with E-state index in [4.69, 9.17) is 10.5 Å². The van der Waals surface area contributed by atoms with E-state index >= 15 is 0 Å². The molecule has 2 aromatic heterocycles. The number of methoxy groups -OCH3 is 1. The number of aryl methyl sites for hydroxylation is 1. The minimum atomic E-state index is 0.478. The van der Waals surface area contributed by atoms with Gasteiger partial charge in [-0.15, -0.1) is 21.5 Å². The molecule has 0 aromatic carbocycles. The number of thiazole rings is 1. The van der Waals surface area contributed by atoms with Crippen molar-refractivity contribution in [1.82, 2.24) is 15.2 Å². The molecular weight excluding hydrogens is 232 g/mol. The lowest BCUT2D eigenvalue weighted by Gasteiger charge is -1.88. The van der Waals surface area contributed by atoms with Gasteiger partial charge in [0.05, 0.1) is 17.2 Å². The van der Waals surface area contributed by atoms with Gasteiger partial charge in [0.2, 0.25) is 5.13 Å². The van der Waals surface area contributed by atoms with Crippen LogP contribution in [0.25, 0.3) is 9.88 Å². The molecule has 2 aromatic rings. The van der Waals surface area contributed by atoms with Crippen LogP contribution in [0.2, 0.25) is 0 Å². The van der Waals surface area contributed by atoms with Crippen molar-refractivity contribution in [3.63, 3.8) is 0 Å². The molecule has 0 aliphatic carbocycles. The van der Waals surface area contributed by atoms with Crippen molar-refractivity contribution in [2.75, 3.05) is 12.8 Å². The fraction of sp³-hybridized carbons (Fsp3) is 0.375. The van der Waals surface area contributed by atoms with Gasteiger partial charge < -0.3 is 10.5 Å². The molecule has 0 unspecified atom stereocenters. The zero-order valence-electron chi connectivity index (χ0n) is 8.35. The highest BCUT2D eigenvalue weighted by molar-refractivity contribution is 7.23. The van der Waals surface area contributed by atoms with Crippen molar-refractivity contribution in [2.45, 2.75) is 13.5 Å². The first-order chi connectivity index (χ1) is 7.20. The van der Waals surface area contributed by atoms with Gasteiger partial charge in [-0.25, -0.2) is 4.98 Å². The number of nitrogens with zero attached hydrogens (tertiary/aromatic N) is 3. The van der Waals surface area contributed by atoms with Crippen LogP contribution in [0.3, 0.4) is 0 Å². The van der Waals surface area contributed by atoms with E-state index in [-0.39, 0.29) is 0 Å². The first-order valence-electron chi connectivity index (χ1n) is 4.25. The Labute approximate surface area is 94.9 Å². The Hall–Kier alpha value is -1.05. The molecule has 2 heterocycles. The predicted molar refractivity (Wildman–Crippen MR) is 60.9 cm³/mol.